The van der Waals surface area contributed by atoms with Crippen molar-refractivity contribution < 1.29 is 32.9 Å². The van der Waals surface area contributed by atoms with Gasteiger partial charge in [-0.1, -0.05) is 77.4 Å². The first-order valence-corrected chi connectivity index (χ1v) is 21.7. The summed E-state index contributed by atoms with van der Waals surface area (Å²) in [6.45, 7) is 0.558. The van der Waals surface area contributed by atoms with Crippen LogP contribution in [0.25, 0.3) is 11.0 Å². The number of thiocarbonyl (C=S) groups is 1. The Morgan fingerprint density at radius 1 is 0.778 bits per heavy atom. The van der Waals surface area contributed by atoms with Crippen LogP contribution in [-0.4, -0.2) is 100 Å². The minimum absolute atomic E-state index is 0.0302. The molecule has 5 N–H and O–H groups in total. The van der Waals surface area contributed by atoms with Crippen molar-refractivity contribution in [2.24, 2.45) is 0 Å². The molecule has 0 unspecified atom stereocenters. The van der Waals surface area contributed by atoms with Crippen LogP contribution in [0.3, 0.4) is 0 Å². The van der Waals surface area contributed by atoms with Gasteiger partial charge in [0, 0.05) is 60.6 Å². The fourth-order valence-corrected chi connectivity index (χ4v) is 8.37. The molecule has 7 rings (SSSR count). The lowest BCUT2D eigenvalue weighted by molar-refractivity contribution is -0.146. The van der Waals surface area contributed by atoms with Crippen LogP contribution in [0, 0.1) is 5.82 Å². The molecular weight excluding hydrogens is 847 g/mol. The third kappa shape index (κ3) is 12.0. The van der Waals surface area contributed by atoms with Gasteiger partial charge in [-0.3, -0.25) is 24.0 Å². The molecule has 0 bridgehead atoms. The van der Waals surface area contributed by atoms with E-state index in [1.165, 1.54) is 12.1 Å². The molecule has 63 heavy (non-hydrogen) atoms. The van der Waals surface area contributed by atoms with Gasteiger partial charge >= 0.3 is 0 Å². The summed E-state index contributed by atoms with van der Waals surface area (Å²) >= 11 is 11.3. The highest BCUT2D eigenvalue weighted by molar-refractivity contribution is 7.80. The summed E-state index contributed by atoms with van der Waals surface area (Å²) in [5.41, 5.74) is 3.39. The van der Waals surface area contributed by atoms with E-state index in [2.05, 4.69) is 31.7 Å². The molecule has 0 aliphatic carbocycles. The van der Waals surface area contributed by atoms with Crippen molar-refractivity contribution in [1.29, 1.82) is 0 Å². The second-order valence-corrected chi connectivity index (χ2v) is 16.5. The topological polar surface area (TPSA) is 178 Å². The maximum Gasteiger partial charge on any atom is 0.246 e. The molecule has 4 aromatic carbocycles. The zero-order valence-electron chi connectivity index (χ0n) is 34.4. The van der Waals surface area contributed by atoms with Crippen molar-refractivity contribution in [2.45, 2.75) is 62.6 Å². The molecule has 2 saturated heterocycles. The van der Waals surface area contributed by atoms with E-state index in [1.54, 1.807) is 40.1 Å². The molecule has 3 atom stereocenters. The number of amides is 5. The van der Waals surface area contributed by atoms with Gasteiger partial charge in [0.1, 0.15) is 23.9 Å². The number of fused-ring (bicyclic) bond motifs is 1. The van der Waals surface area contributed by atoms with Gasteiger partial charge in [-0.25, -0.2) is 4.39 Å². The highest BCUT2D eigenvalue weighted by Gasteiger charge is 2.40. The number of carbonyl (C=O) groups excluding carboxylic acids is 5. The Labute approximate surface area is 374 Å². The Bertz CT molecular complexity index is 2420. The number of aromatic nitrogens is 1. The zero-order valence-corrected chi connectivity index (χ0v) is 35.9. The Balaban J connectivity index is 0.957. The standard InChI is InChI=1S/C46H48ClFN8O6S/c47-32-13-16-34(17-14-32)51-46(63)50-28-41(58)52-36(24-29-8-3-1-4-9-29)43(59)49-27-40(57)53-37(25-30-10-5-2-6-11-30)44(60)56-21-7-12-38(56)45(61)55-22-19-31(20-23-55)42-35-18-15-33(48)26-39(35)62-54-42/h1-6,8-11,13-18,26,31,36-38H,7,12,19-25,27-28H2,(H,49,59)(H,52,58)(H,53,57)(H2,50,51,63)/t36-,37-,38-/m0/s1. The van der Waals surface area contributed by atoms with Gasteiger partial charge in [0.25, 0.3) is 0 Å². The number of nitrogens with zero attached hydrogens (tertiary/aromatic N) is 3. The summed E-state index contributed by atoms with van der Waals surface area (Å²) in [5.74, 6) is -2.64. The van der Waals surface area contributed by atoms with E-state index in [0.717, 1.165) is 22.2 Å². The summed E-state index contributed by atoms with van der Waals surface area (Å²) in [5, 5.41) is 19.7. The van der Waals surface area contributed by atoms with E-state index < -0.39 is 54.1 Å². The molecule has 2 fully saturated rings. The van der Waals surface area contributed by atoms with E-state index in [1.807, 2.05) is 60.7 Å². The van der Waals surface area contributed by atoms with E-state index in [-0.39, 0.29) is 36.3 Å². The number of piperidine rings is 1. The summed E-state index contributed by atoms with van der Waals surface area (Å²) in [4.78, 5) is 72.0. The average molecular weight is 895 g/mol. The number of carbonyl (C=O) groups is 5. The van der Waals surface area contributed by atoms with E-state index in [0.29, 0.717) is 61.6 Å². The minimum atomic E-state index is -1.05. The molecule has 2 aliphatic rings. The molecular formula is C46H48ClFN8O6S. The van der Waals surface area contributed by atoms with Crippen LogP contribution in [0.4, 0.5) is 10.1 Å². The minimum Gasteiger partial charge on any atom is -0.356 e. The van der Waals surface area contributed by atoms with Crippen molar-refractivity contribution in [3.63, 3.8) is 0 Å². The van der Waals surface area contributed by atoms with E-state index in [9.17, 15) is 28.4 Å². The SMILES string of the molecule is O=C(CNC(=S)Nc1ccc(Cl)cc1)N[C@@H](Cc1ccccc1)C(=O)NCC(=O)N[C@@H](Cc1ccccc1)C(=O)N1CCC[C@H]1C(=O)N1CCC(c2noc3cc(F)ccc23)CC1. The van der Waals surface area contributed by atoms with Crippen LogP contribution in [0.1, 0.15) is 48.4 Å². The quantitative estimate of drug-likeness (QED) is 0.0912. The Morgan fingerprint density at radius 3 is 2.06 bits per heavy atom. The fraction of sp³-hybridized carbons (Fsp3) is 0.326. The molecule has 0 spiro atoms. The molecule has 0 saturated carbocycles. The van der Waals surface area contributed by atoms with Gasteiger partial charge in [-0.15, -0.1) is 0 Å². The third-order valence-corrected chi connectivity index (χ3v) is 11.8. The van der Waals surface area contributed by atoms with Crippen LogP contribution in [0.15, 0.2) is 108 Å². The first kappa shape index (κ1) is 44.7. The number of benzene rings is 4. The lowest BCUT2D eigenvalue weighted by Gasteiger charge is -2.36. The van der Waals surface area contributed by atoms with Crippen molar-refractivity contribution >= 4 is 75.1 Å². The van der Waals surface area contributed by atoms with Crippen LogP contribution in [0.5, 0.6) is 0 Å². The number of halogens is 2. The highest BCUT2D eigenvalue weighted by atomic mass is 35.5. The summed E-state index contributed by atoms with van der Waals surface area (Å²) in [7, 11) is 0. The summed E-state index contributed by atoms with van der Waals surface area (Å²) in [6.07, 6.45) is 2.67. The predicted molar refractivity (Wildman–Crippen MR) is 240 cm³/mol. The predicted octanol–water partition coefficient (Wildman–Crippen LogP) is 4.88. The Kier molecular flexibility index (Phi) is 15.0. The number of anilines is 1. The van der Waals surface area contributed by atoms with Crippen LogP contribution < -0.4 is 26.6 Å². The molecule has 0 radical (unpaired) electrons. The third-order valence-electron chi connectivity index (χ3n) is 11.3. The van der Waals surface area contributed by atoms with Gasteiger partial charge < -0.3 is 40.9 Å². The molecule has 2 aliphatic heterocycles. The lowest BCUT2D eigenvalue weighted by Crippen LogP contribution is -2.57. The fourth-order valence-electron chi connectivity index (χ4n) is 8.06. The van der Waals surface area contributed by atoms with Crippen LogP contribution in [-0.2, 0) is 36.8 Å². The van der Waals surface area contributed by atoms with Crippen molar-refractivity contribution in [2.75, 3.05) is 38.0 Å². The molecule has 5 aromatic rings. The van der Waals surface area contributed by atoms with Gasteiger partial charge in [0.2, 0.25) is 29.5 Å². The number of nitrogens with one attached hydrogen (secondary N) is 5. The van der Waals surface area contributed by atoms with Gasteiger partial charge in [-0.2, -0.15) is 0 Å². The molecule has 5 amide bonds. The first-order chi connectivity index (χ1) is 30.5. The van der Waals surface area contributed by atoms with Crippen LogP contribution >= 0.6 is 23.8 Å². The summed E-state index contributed by atoms with van der Waals surface area (Å²) < 4.78 is 19.1. The second kappa shape index (κ2) is 21.1. The molecule has 3 heterocycles. The Hall–Kier alpha value is -6.39. The zero-order chi connectivity index (χ0) is 44.3. The molecule has 328 valence electrons. The number of hydrogen-bond donors (Lipinski definition) is 5. The average Bonchev–Trinajstić information content (AvgIpc) is 3.96. The molecule has 1 aromatic heterocycles. The van der Waals surface area contributed by atoms with E-state index in [4.69, 9.17) is 28.3 Å². The first-order valence-electron chi connectivity index (χ1n) is 20.9. The van der Waals surface area contributed by atoms with Crippen LogP contribution in [0.2, 0.25) is 5.02 Å². The van der Waals surface area contributed by atoms with Gasteiger partial charge in [0.05, 0.1) is 18.8 Å². The number of rotatable bonds is 15. The normalized spacial score (nSPS) is 16.2. The largest absolute Gasteiger partial charge is 0.356 e. The Morgan fingerprint density at radius 2 is 1.40 bits per heavy atom. The number of hydrogen-bond acceptors (Lipinski definition) is 8. The maximum absolute atomic E-state index is 14.4. The smallest absolute Gasteiger partial charge is 0.246 e. The van der Waals surface area contributed by atoms with E-state index >= 15 is 0 Å². The van der Waals surface area contributed by atoms with Crippen molar-refractivity contribution in [3.05, 3.63) is 131 Å². The van der Waals surface area contributed by atoms with Gasteiger partial charge in [0.15, 0.2) is 10.7 Å². The molecule has 14 nitrogen and oxygen atoms in total. The van der Waals surface area contributed by atoms with Crippen molar-refractivity contribution in [1.82, 2.24) is 36.2 Å². The summed E-state index contributed by atoms with van der Waals surface area (Å²) in [6, 6.07) is 26.8. The number of likely N-dealkylation sites (tertiary alicyclic amines) is 2. The van der Waals surface area contributed by atoms with Crippen molar-refractivity contribution in [3.8, 4) is 0 Å². The highest BCUT2D eigenvalue weighted by Crippen LogP contribution is 2.34. The second-order valence-electron chi connectivity index (χ2n) is 15.6. The lowest BCUT2D eigenvalue weighted by atomic mass is 9.91. The monoisotopic (exact) mass is 894 g/mol. The maximum atomic E-state index is 14.4. The van der Waals surface area contributed by atoms with Gasteiger partial charge in [-0.05, 0) is 85.4 Å². The molecule has 17 heteroatoms.